The summed E-state index contributed by atoms with van der Waals surface area (Å²) in [7, 11) is 0. The maximum absolute atomic E-state index is 12.0. The number of benzene rings is 1. The van der Waals surface area contributed by atoms with Crippen LogP contribution in [-0.2, 0) is 0 Å². The molecule has 2 N–H and O–H groups in total. The zero-order valence-corrected chi connectivity index (χ0v) is 12.0. The van der Waals surface area contributed by atoms with Crippen LogP contribution in [-0.4, -0.2) is 22.1 Å². The third-order valence-corrected chi connectivity index (χ3v) is 3.65. The first-order valence-electron chi connectivity index (χ1n) is 5.76. The molecule has 0 aliphatic carbocycles. The Labute approximate surface area is 123 Å². The number of amides is 1. The lowest BCUT2D eigenvalue weighted by molar-refractivity contribution is 0.0997. The van der Waals surface area contributed by atoms with Gasteiger partial charge in [0.05, 0.1) is 22.5 Å². The van der Waals surface area contributed by atoms with Crippen molar-refractivity contribution in [3.8, 4) is 0 Å². The number of hydrogen-bond donors (Lipinski definition) is 2. The normalized spacial score (nSPS) is 10.9. The fraction of sp³-hybridized carbons (Fsp3) is 0.0769. The fourth-order valence-electron chi connectivity index (χ4n) is 1.83. The molecule has 102 valence electrons. The van der Waals surface area contributed by atoms with Gasteiger partial charge in [-0.3, -0.25) is 4.79 Å². The number of hydrogen-bond acceptors (Lipinski definition) is 4. The molecule has 0 aliphatic heterocycles. The highest BCUT2D eigenvalue weighted by atomic mass is 35.5. The molecular weight excluding hydrogens is 298 g/mol. The maximum atomic E-state index is 12.0. The Morgan fingerprint density at radius 1 is 1.45 bits per heavy atom. The van der Waals surface area contributed by atoms with Crippen molar-refractivity contribution in [1.82, 2.24) is 9.97 Å². The Hall–Kier alpha value is -1.92. The molecule has 0 unspecified atom stereocenters. The number of aromatic nitrogens is 2. The second-order valence-corrected chi connectivity index (χ2v) is 5.20. The third-order valence-electron chi connectivity index (χ3n) is 2.76. The van der Waals surface area contributed by atoms with E-state index in [1.165, 1.54) is 18.0 Å². The molecule has 3 aromatic rings. The van der Waals surface area contributed by atoms with Crippen molar-refractivity contribution in [3.05, 3.63) is 41.3 Å². The van der Waals surface area contributed by atoms with Crippen LogP contribution < -0.4 is 5.32 Å². The number of thioether (sulfide) groups is 1. The predicted molar refractivity (Wildman–Crippen MR) is 79.5 cm³/mol. The van der Waals surface area contributed by atoms with Gasteiger partial charge in [0.1, 0.15) is 5.52 Å². The van der Waals surface area contributed by atoms with Crippen LogP contribution >= 0.6 is 23.4 Å². The van der Waals surface area contributed by atoms with Gasteiger partial charge in [-0.05, 0) is 30.5 Å². The minimum Gasteiger partial charge on any atom is -0.459 e. The molecule has 1 amide bonds. The monoisotopic (exact) mass is 307 g/mol. The summed E-state index contributed by atoms with van der Waals surface area (Å²) in [6.07, 6.45) is 3.36. The van der Waals surface area contributed by atoms with Crippen LogP contribution in [0.1, 0.15) is 10.6 Å². The zero-order valence-electron chi connectivity index (χ0n) is 10.4. The van der Waals surface area contributed by atoms with Crippen molar-refractivity contribution in [1.29, 1.82) is 0 Å². The number of H-pyrrole nitrogens is 1. The number of anilines is 1. The summed E-state index contributed by atoms with van der Waals surface area (Å²) in [6.45, 7) is 0. The molecule has 0 spiro atoms. The Balaban J connectivity index is 2.03. The molecule has 20 heavy (non-hydrogen) atoms. The van der Waals surface area contributed by atoms with Gasteiger partial charge in [-0.25, -0.2) is 4.98 Å². The number of carbonyl (C=O) groups excluding carboxylic acids is 1. The summed E-state index contributed by atoms with van der Waals surface area (Å²) >= 11 is 7.64. The maximum Gasteiger partial charge on any atom is 0.291 e. The number of halogens is 1. The number of imidazole rings is 1. The Morgan fingerprint density at radius 2 is 2.30 bits per heavy atom. The van der Waals surface area contributed by atoms with Crippen molar-refractivity contribution in [2.24, 2.45) is 0 Å². The van der Waals surface area contributed by atoms with E-state index in [9.17, 15) is 4.79 Å². The van der Waals surface area contributed by atoms with Crippen molar-refractivity contribution in [2.75, 3.05) is 11.6 Å². The highest BCUT2D eigenvalue weighted by Crippen LogP contribution is 2.31. The molecule has 3 rings (SSSR count). The summed E-state index contributed by atoms with van der Waals surface area (Å²) in [5.74, 6) is -0.142. The lowest BCUT2D eigenvalue weighted by Gasteiger charge is -2.06. The summed E-state index contributed by atoms with van der Waals surface area (Å²) in [6, 6.07) is 6.77. The van der Waals surface area contributed by atoms with Crippen LogP contribution in [0.5, 0.6) is 0 Å². The molecule has 5 nitrogen and oxygen atoms in total. The van der Waals surface area contributed by atoms with Crippen molar-refractivity contribution < 1.29 is 9.21 Å². The summed E-state index contributed by atoms with van der Waals surface area (Å²) < 4.78 is 5.06. The second-order valence-electron chi connectivity index (χ2n) is 4.00. The van der Waals surface area contributed by atoms with E-state index < -0.39 is 0 Å². The summed E-state index contributed by atoms with van der Waals surface area (Å²) in [4.78, 5) is 19.6. The fourth-order valence-corrected chi connectivity index (χ4v) is 2.42. The van der Waals surface area contributed by atoms with E-state index >= 15 is 0 Å². The summed E-state index contributed by atoms with van der Waals surface area (Å²) in [5, 5.41) is 3.92. The van der Waals surface area contributed by atoms with Crippen LogP contribution in [0.4, 0.5) is 5.69 Å². The van der Waals surface area contributed by atoms with Crippen LogP contribution in [0, 0.1) is 0 Å². The molecule has 1 aromatic carbocycles. The van der Waals surface area contributed by atoms with E-state index in [-0.39, 0.29) is 11.7 Å². The van der Waals surface area contributed by atoms with Gasteiger partial charge in [-0.15, -0.1) is 0 Å². The van der Waals surface area contributed by atoms with Gasteiger partial charge < -0.3 is 14.7 Å². The second kappa shape index (κ2) is 5.22. The zero-order chi connectivity index (χ0) is 14.1. The molecule has 0 atom stereocenters. The van der Waals surface area contributed by atoms with Gasteiger partial charge in [0.25, 0.3) is 5.91 Å². The van der Waals surface area contributed by atoms with E-state index in [4.69, 9.17) is 16.0 Å². The number of furan rings is 1. The quantitative estimate of drug-likeness (QED) is 0.722. The van der Waals surface area contributed by atoms with Crippen LogP contribution in [0.2, 0.25) is 5.02 Å². The van der Waals surface area contributed by atoms with Crippen molar-refractivity contribution in [3.63, 3.8) is 0 Å². The number of fused-ring (bicyclic) bond motifs is 1. The predicted octanol–water partition coefficient (Wildman–Crippen LogP) is 3.78. The number of aromatic amines is 1. The molecule has 2 aromatic heterocycles. The Kier molecular flexibility index (Phi) is 3.42. The molecule has 2 heterocycles. The first kappa shape index (κ1) is 13.1. The SMILES string of the molecule is CSc1nc2c(NC(=O)c3ccco3)c(Cl)ccc2[nH]1. The molecule has 0 bridgehead atoms. The molecule has 0 aliphatic rings. The largest absolute Gasteiger partial charge is 0.459 e. The number of rotatable bonds is 3. The molecule has 0 saturated heterocycles. The Morgan fingerprint density at radius 3 is 3.00 bits per heavy atom. The van der Waals surface area contributed by atoms with Crippen LogP contribution in [0.3, 0.4) is 0 Å². The van der Waals surface area contributed by atoms with Gasteiger partial charge in [-0.1, -0.05) is 23.4 Å². The average molecular weight is 308 g/mol. The molecular formula is C13H10ClN3O2S. The standard InChI is InChI=1S/C13H10ClN3O2S/c1-20-13-15-8-5-4-7(14)10(11(8)17-13)16-12(18)9-3-2-6-19-9/h2-6H,1H3,(H,15,17)(H,16,18). The minimum atomic E-state index is -0.363. The highest BCUT2D eigenvalue weighted by molar-refractivity contribution is 7.98. The van der Waals surface area contributed by atoms with Gasteiger partial charge in [0.15, 0.2) is 10.9 Å². The first-order chi connectivity index (χ1) is 9.69. The lowest BCUT2D eigenvalue weighted by Crippen LogP contribution is -2.11. The third kappa shape index (κ3) is 2.28. The highest BCUT2D eigenvalue weighted by Gasteiger charge is 2.16. The van der Waals surface area contributed by atoms with Crippen molar-refractivity contribution in [2.45, 2.75) is 5.16 Å². The molecule has 7 heteroatoms. The van der Waals surface area contributed by atoms with E-state index in [1.807, 2.05) is 12.3 Å². The van der Waals surface area contributed by atoms with E-state index in [0.29, 0.717) is 16.2 Å². The van der Waals surface area contributed by atoms with Gasteiger partial charge in [-0.2, -0.15) is 0 Å². The Bertz CT molecular complexity index is 767. The number of nitrogens with one attached hydrogen (secondary N) is 2. The number of carbonyl (C=O) groups is 1. The average Bonchev–Trinajstić information content (AvgIpc) is 3.10. The number of nitrogens with zero attached hydrogens (tertiary/aromatic N) is 1. The molecule has 0 radical (unpaired) electrons. The smallest absolute Gasteiger partial charge is 0.291 e. The van der Waals surface area contributed by atoms with Crippen molar-refractivity contribution >= 4 is 46.0 Å². The topological polar surface area (TPSA) is 70.9 Å². The van der Waals surface area contributed by atoms with Crippen LogP contribution in [0.25, 0.3) is 11.0 Å². The summed E-state index contributed by atoms with van der Waals surface area (Å²) in [5.41, 5.74) is 1.91. The molecule has 0 fully saturated rings. The molecule has 0 saturated carbocycles. The van der Waals surface area contributed by atoms with Gasteiger partial charge in [0.2, 0.25) is 0 Å². The van der Waals surface area contributed by atoms with E-state index in [2.05, 4.69) is 15.3 Å². The lowest BCUT2D eigenvalue weighted by atomic mass is 10.2. The minimum absolute atomic E-state index is 0.221. The van der Waals surface area contributed by atoms with Gasteiger partial charge in [0, 0.05) is 0 Å². The van der Waals surface area contributed by atoms with Crippen LogP contribution in [0.15, 0.2) is 40.1 Å². The van der Waals surface area contributed by atoms with E-state index in [0.717, 1.165) is 10.7 Å². The van der Waals surface area contributed by atoms with Gasteiger partial charge >= 0.3 is 0 Å². The first-order valence-corrected chi connectivity index (χ1v) is 7.36. The van der Waals surface area contributed by atoms with E-state index in [1.54, 1.807) is 18.2 Å².